The van der Waals surface area contributed by atoms with Gasteiger partial charge in [-0.25, -0.2) is 0 Å². The molecule has 3 heterocycles. The molecule has 1 saturated heterocycles. The highest BCUT2D eigenvalue weighted by Crippen LogP contribution is 2.28. The van der Waals surface area contributed by atoms with Gasteiger partial charge in [0.15, 0.2) is 0 Å². The molecule has 6 heteroatoms. The molecule has 2 aromatic rings. The molecule has 108 valence electrons. The van der Waals surface area contributed by atoms with E-state index in [4.69, 9.17) is 10.3 Å². The van der Waals surface area contributed by atoms with Crippen LogP contribution in [-0.2, 0) is 6.54 Å². The van der Waals surface area contributed by atoms with Crippen LogP contribution in [0.5, 0.6) is 0 Å². The van der Waals surface area contributed by atoms with Crippen molar-refractivity contribution in [2.75, 3.05) is 13.1 Å². The van der Waals surface area contributed by atoms with E-state index in [1.165, 1.54) is 0 Å². The number of rotatable bonds is 3. The topological polar surface area (TPSA) is 68.2 Å². The molecule has 0 aliphatic carbocycles. The van der Waals surface area contributed by atoms with Crippen molar-refractivity contribution in [2.24, 2.45) is 11.1 Å². The summed E-state index contributed by atoms with van der Waals surface area (Å²) in [6, 6.07) is 2.27. The summed E-state index contributed by atoms with van der Waals surface area (Å²) < 4.78 is 5.36. The number of hydrogen-bond acceptors (Lipinski definition) is 6. The Hall–Kier alpha value is -1.24. The number of piperidine rings is 1. The minimum atomic E-state index is 0.133. The summed E-state index contributed by atoms with van der Waals surface area (Å²) in [5, 5.41) is 8.08. The minimum absolute atomic E-state index is 0.133. The van der Waals surface area contributed by atoms with E-state index in [-0.39, 0.29) is 11.5 Å². The summed E-state index contributed by atoms with van der Waals surface area (Å²) in [6.07, 6.45) is 1.01. The molecular formula is C14H20N4OS. The van der Waals surface area contributed by atoms with Crippen molar-refractivity contribution in [1.29, 1.82) is 0 Å². The molecule has 1 unspecified atom stereocenters. The molecule has 20 heavy (non-hydrogen) atoms. The first-order chi connectivity index (χ1) is 9.54. The van der Waals surface area contributed by atoms with Gasteiger partial charge in [-0.3, -0.25) is 4.90 Å². The molecule has 0 saturated carbocycles. The third-order valence-corrected chi connectivity index (χ3v) is 4.68. The van der Waals surface area contributed by atoms with Crippen LogP contribution in [0, 0.1) is 5.41 Å². The molecule has 3 rings (SSSR count). The molecule has 1 aliphatic heterocycles. The smallest absolute Gasteiger partial charge is 0.241 e. The second-order valence-electron chi connectivity index (χ2n) is 6.12. The van der Waals surface area contributed by atoms with Crippen molar-refractivity contribution in [3.63, 3.8) is 0 Å². The molecule has 1 fully saturated rings. The van der Waals surface area contributed by atoms with E-state index >= 15 is 0 Å². The molecule has 5 nitrogen and oxygen atoms in total. The zero-order valence-electron chi connectivity index (χ0n) is 11.9. The summed E-state index contributed by atoms with van der Waals surface area (Å²) in [5.41, 5.74) is 7.31. The van der Waals surface area contributed by atoms with Crippen LogP contribution in [0.25, 0.3) is 11.4 Å². The molecule has 1 aliphatic rings. The number of thiophene rings is 1. The SMILES string of the molecule is CC1(C)CN(Cc2nc(-c3ccsc3)no2)CCC1N. The molecular weight excluding hydrogens is 272 g/mol. The standard InChI is InChI=1S/C14H20N4OS/c1-14(2)9-18(5-3-11(14)15)7-12-16-13(17-19-12)10-4-6-20-8-10/h4,6,8,11H,3,5,7,9,15H2,1-2H3. The molecule has 0 aromatic carbocycles. The zero-order chi connectivity index (χ0) is 14.2. The first-order valence-corrected chi connectivity index (χ1v) is 7.82. The van der Waals surface area contributed by atoms with E-state index in [0.29, 0.717) is 18.3 Å². The van der Waals surface area contributed by atoms with Crippen LogP contribution in [-0.4, -0.2) is 34.2 Å². The van der Waals surface area contributed by atoms with Gasteiger partial charge in [-0.15, -0.1) is 0 Å². The maximum atomic E-state index is 6.16. The van der Waals surface area contributed by atoms with Crippen LogP contribution in [0.2, 0.25) is 0 Å². The van der Waals surface area contributed by atoms with Gasteiger partial charge in [-0.2, -0.15) is 16.3 Å². The van der Waals surface area contributed by atoms with Gasteiger partial charge in [-0.05, 0) is 23.3 Å². The number of nitrogens with two attached hydrogens (primary N) is 1. The summed E-state index contributed by atoms with van der Waals surface area (Å²) in [5.74, 6) is 1.35. The van der Waals surface area contributed by atoms with Gasteiger partial charge in [0.1, 0.15) is 0 Å². The summed E-state index contributed by atoms with van der Waals surface area (Å²) in [4.78, 5) is 6.81. The van der Waals surface area contributed by atoms with Crippen LogP contribution in [0.3, 0.4) is 0 Å². The van der Waals surface area contributed by atoms with E-state index in [0.717, 1.165) is 25.1 Å². The second-order valence-corrected chi connectivity index (χ2v) is 6.90. The first-order valence-electron chi connectivity index (χ1n) is 6.88. The quantitative estimate of drug-likeness (QED) is 0.940. The Morgan fingerprint density at radius 2 is 2.40 bits per heavy atom. The lowest BCUT2D eigenvalue weighted by Crippen LogP contribution is -2.52. The van der Waals surface area contributed by atoms with Gasteiger partial charge in [0.05, 0.1) is 6.54 Å². The molecule has 0 amide bonds. The van der Waals surface area contributed by atoms with Gasteiger partial charge in [-0.1, -0.05) is 19.0 Å². The zero-order valence-corrected chi connectivity index (χ0v) is 12.7. The van der Waals surface area contributed by atoms with Crippen molar-refractivity contribution in [3.05, 3.63) is 22.7 Å². The number of likely N-dealkylation sites (tertiary alicyclic amines) is 1. The van der Waals surface area contributed by atoms with E-state index in [1.54, 1.807) is 11.3 Å². The van der Waals surface area contributed by atoms with Crippen LogP contribution in [0.4, 0.5) is 0 Å². The highest BCUT2D eigenvalue weighted by Gasteiger charge is 2.33. The Morgan fingerprint density at radius 3 is 3.10 bits per heavy atom. The highest BCUT2D eigenvalue weighted by molar-refractivity contribution is 7.08. The highest BCUT2D eigenvalue weighted by atomic mass is 32.1. The van der Waals surface area contributed by atoms with Crippen molar-refractivity contribution in [2.45, 2.75) is 32.9 Å². The van der Waals surface area contributed by atoms with Crippen molar-refractivity contribution < 1.29 is 4.52 Å². The van der Waals surface area contributed by atoms with Crippen LogP contribution < -0.4 is 5.73 Å². The lowest BCUT2D eigenvalue weighted by atomic mass is 9.80. The summed E-state index contributed by atoms with van der Waals surface area (Å²) >= 11 is 1.63. The molecule has 2 N–H and O–H groups in total. The average molecular weight is 292 g/mol. The van der Waals surface area contributed by atoms with Crippen molar-refractivity contribution in [3.8, 4) is 11.4 Å². The van der Waals surface area contributed by atoms with E-state index in [1.807, 2.05) is 16.8 Å². The Bertz CT molecular complexity index is 564. The average Bonchev–Trinajstić information content (AvgIpc) is 3.03. The van der Waals surface area contributed by atoms with Crippen molar-refractivity contribution in [1.82, 2.24) is 15.0 Å². The molecule has 1 atom stereocenters. The fourth-order valence-electron chi connectivity index (χ4n) is 2.64. The Labute approximate surface area is 122 Å². The van der Waals surface area contributed by atoms with Gasteiger partial charge in [0.25, 0.3) is 0 Å². The number of nitrogens with zero attached hydrogens (tertiary/aromatic N) is 3. The summed E-state index contributed by atoms with van der Waals surface area (Å²) in [7, 11) is 0. The summed E-state index contributed by atoms with van der Waals surface area (Å²) in [6.45, 7) is 7.08. The third-order valence-electron chi connectivity index (χ3n) is 4.00. The Morgan fingerprint density at radius 1 is 1.55 bits per heavy atom. The Kier molecular flexibility index (Phi) is 3.62. The van der Waals surface area contributed by atoms with Gasteiger partial charge >= 0.3 is 0 Å². The second kappa shape index (κ2) is 5.27. The van der Waals surface area contributed by atoms with Crippen LogP contribution >= 0.6 is 11.3 Å². The van der Waals surface area contributed by atoms with Crippen molar-refractivity contribution >= 4 is 11.3 Å². The van der Waals surface area contributed by atoms with E-state index < -0.39 is 0 Å². The monoisotopic (exact) mass is 292 g/mol. The predicted octanol–water partition coefficient (Wildman–Crippen LogP) is 2.36. The van der Waals surface area contributed by atoms with Gasteiger partial charge < -0.3 is 10.3 Å². The predicted molar refractivity (Wildman–Crippen MR) is 79.3 cm³/mol. The van der Waals surface area contributed by atoms with E-state index in [9.17, 15) is 0 Å². The number of hydrogen-bond donors (Lipinski definition) is 1. The Balaban J connectivity index is 1.67. The van der Waals surface area contributed by atoms with Gasteiger partial charge in [0.2, 0.25) is 11.7 Å². The fourth-order valence-corrected chi connectivity index (χ4v) is 3.27. The maximum Gasteiger partial charge on any atom is 0.241 e. The lowest BCUT2D eigenvalue weighted by molar-refractivity contribution is 0.0811. The molecule has 0 bridgehead atoms. The largest absolute Gasteiger partial charge is 0.338 e. The van der Waals surface area contributed by atoms with Crippen LogP contribution in [0.15, 0.2) is 21.3 Å². The maximum absolute atomic E-state index is 6.16. The molecule has 2 aromatic heterocycles. The van der Waals surface area contributed by atoms with Crippen LogP contribution in [0.1, 0.15) is 26.2 Å². The normalized spacial score (nSPS) is 23.1. The lowest BCUT2D eigenvalue weighted by Gasteiger charge is -2.42. The van der Waals surface area contributed by atoms with Gasteiger partial charge in [0, 0.05) is 30.1 Å². The first kappa shape index (κ1) is 13.7. The third kappa shape index (κ3) is 2.77. The van der Waals surface area contributed by atoms with E-state index in [2.05, 4.69) is 28.9 Å². The minimum Gasteiger partial charge on any atom is -0.338 e. The molecule has 0 radical (unpaired) electrons. The molecule has 0 spiro atoms. The number of aromatic nitrogens is 2. The fraction of sp³-hybridized carbons (Fsp3) is 0.571.